The second kappa shape index (κ2) is 13.5. The van der Waals surface area contributed by atoms with E-state index < -0.39 is 0 Å². The van der Waals surface area contributed by atoms with Gasteiger partial charge in [0.25, 0.3) is 0 Å². The van der Waals surface area contributed by atoms with Gasteiger partial charge in [-0.05, 0) is 63.6 Å². The van der Waals surface area contributed by atoms with Crippen molar-refractivity contribution in [1.82, 2.24) is 15.1 Å². The molecule has 0 amide bonds. The topological polar surface area (TPSA) is 40.1 Å². The van der Waals surface area contributed by atoms with Crippen molar-refractivity contribution in [1.29, 1.82) is 0 Å². The van der Waals surface area contributed by atoms with Crippen LogP contribution in [0.2, 0.25) is 0 Å². The number of halogens is 2. The normalized spacial score (nSPS) is 18.2. The number of aliphatic imine (C=N–C) groups is 1. The maximum atomic E-state index is 13.9. The molecule has 0 aromatic heterocycles. The Labute approximate surface area is 198 Å². The molecule has 0 bridgehead atoms. The summed E-state index contributed by atoms with van der Waals surface area (Å²) in [5.74, 6) is 2.28. The Morgan fingerprint density at radius 1 is 1.20 bits per heavy atom. The number of nitrogens with one attached hydrogen (secondary N) is 1. The molecule has 1 aliphatic carbocycles. The molecular weight excluding hydrogens is 494 g/mol. The number of benzene rings is 1. The van der Waals surface area contributed by atoms with Crippen molar-refractivity contribution in [2.75, 3.05) is 53.0 Å². The second-order valence-corrected chi connectivity index (χ2v) is 8.45. The summed E-state index contributed by atoms with van der Waals surface area (Å²) in [7, 11) is 2.08. The molecule has 30 heavy (non-hydrogen) atoms. The lowest BCUT2D eigenvalue weighted by Crippen LogP contribution is -2.41. The highest BCUT2D eigenvalue weighted by molar-refractivity contribution is 14.0. The van der Waals surface area contributed by atoms with Crippen LogP contribution in [0.4, 0.5) is 4.39 Å². The monoisotopic (exact) mass is 532 g/mol. The molecule has 1 heterocycles. The molecule has 1 aromatic carbocycles. The zero-order chi connectivity index (χ0) is 20.5. The molecule has 5 nitrogen and oxygen atoms in total. The first-order chi connectivity index (χ1) is 14.2. The molecule has 1 saturated carbocycles. The molecule has 0 radical (unpaired) electrons. The van der Waals surface area contributed by atoms with Crippen LogP contribution in [0.15, 0.2) is 29.3 Å². The lowest BCUT2D eigenvalue weighted by Gasteiger charge is -2.31. The Kier molecular flexibility index (Phi) is 11.4. The first-order valence-electron chi connectivity index (χ1n) is 11.2. The van der Waals surface area contributed by atoms with E-state index in [-0.39, 0.29) is 29.8 Å². The van der Waals surface area contributed by atoms with Crippen LogP contribution in [0.5, 0.6) is 0 Å². The van der Waals surface area contributed by atoms with E-state index in [1.807, 2.05) is 12.1 Å². The number of likely N-dealkylation sites (tertiary alicyclic amines) is 1. The molecule has 1 aliphatic heterocycles. The Bertz CT molecular complexity index is 648. The number of hydrogen-bond donors (Lipinski definition) is 1. The SMILES string of the molecule is CCNC(=NCC1CCN(Cc2ccccc2F)CC1)N(C)CCOCC1CC1.I. The van der Waals surface area contributed by atoms with Crippen LogP contribution < -0.4 is 5.32 Å². The first kappa shape index (κ1) is 25.3. The maximum absolute atomic E-state index is 13.9. The average molecular weight is 532 g/mol. The summed E-state index contributed by atoms with van der Waals surface area (Å²) in [4.78, 5) is 9.41. The van der Waals surface area contributed by atoms with E-state index in [0.29, 0.717) is 12.5 Å². The molecule has 2 aliphatic rings. The number of ether oxygens (including phenoxy) is 1. The third-order valence-corrected chi connectivity index (χ3v) is 5.88. The van der Waals surface area contributed by atoms with Gasteiger partial charge >= 0.3 is 0 Å². The lowest BCUT2D eigenvalue weighted by molar-refractivity contribution is 0.115. The molecule has 170 valence electrons. The fourth-order valence-corrected chi connectivity index (χ4v) is 3.72. The summed E-state index contributed by atoms with van der Waals surface area (Å²) in [5.41, 5.74) is 0.795. The van der Waals surface area contributed by atoms with Crippen LogP contribution in [-0.4, -0.2) is 68.7 Å². The molecule has 1 N–H and O–H groups in total. The van der Waals surface area contributed by atoms with Crippen molar-refractivity contribution < 1.29 is 9.13 Å². The van der Waals surface area contributed by atoms with Crippen LogP contribution >= 0.6 is 24.0 Å². The van der Waals surface area contributed by atoms with Gasteiger partial charge in [0, 0.05) is 45.4 Å². The van der Waals surface area contributed by atoms with Gasteiger partial charge in [-0.25, -0.2) is 4.39 Å². The Hall–Kier alpha value is -0.930. The average Bonchev–Trinajstić information content (AvgIpc) is 3.55. The van der Waals surface area contributed by atoms with E-state index in [9.17, 15) is 4.39 Å². The number of piperidine rings is 1. The molecule has 1 aromatic rings. The third kappa shape index (κ3) is 8.67. The van der Waals surface area contributed by atoms with Gasteiger partial charge in [-0.2, -0.15) is 0 Å². The van der Waals surface area contributed by atoms with Gasteiger partial charge in [0.15, 0.2) is 5.96 Å². The number of nitrogens with zero attached hydrogens (tertiary/aromatic N) is 3. The first-order valence-corrected chi connectivity index (χ1v) is 11.2. The minimum absolute atomic E-state index is 0. The standard InChI is InChI=1S/C23H37FN4O.HI/c1-3-25-23(27(2)14-15-29-18-20-8-9-20)26-16-19-10-12-28(13-11-19)17-21-6-4-5-7-22(21)24;/h4-7,19-20H,3,8-18H2,1-2H3,(H,25,26);1H. The van der Waals surface area contributed by atoms with Crippen molar-refractivity contribution in [3.63, 3.8) is 0 Å². The molecule has 0 unspecified atom stereocenters. The quantitative estimate of drug-likeness (QED) is 0.214. The molecule has 1 saturated heterocycles. The Balaban J connectivity index is 0.00000320. The summed E-state index contributed by atoms with van der Waals surface area (Å²) >= 11 is 0. The third-order valence-electron chi connectivity index (χ3n) is 5.88. The number of guanidine groups is 1. The van der Waals surface area contributed by atoms with Crippen molar-refractivity contribution in [3.05, 3.63) is 35.6 Å². The highest BCUT2D eigenvalue weighted by atomic mass is 127. The summed E-state index contributed by atoms with van der Waals surface area (Å²) in [5, 5.41) is 3.40. The molecular formula is C23H38FIN4O. The van der Waals surface area contributed by atoms with Gasteiger partial charge in [-0.1, -0.05) is 18.2 Å². The second-order valence-electron chi connectivity index (χ2n) is 8.45. The van der Waals surface area contributed by atoms with Crippen LogP contribution in [0, 0.1) is 17.7 Å². The fraction of sp³-hybridized carbons (Fsp3) is 0.696. The van der Waals surface area contributed by atoms with Gasteiger partial charge < -0.3 is 15.0 Å². The van der Waals surface area contributed by atoms with Crippen LogP contribution in [0.25, 0.3) is 0 Å². The van der Waals surface area contributed by atoms with Gasteiger partial charge in [-0.3, -0.25) is 9.89 Å². The van der Waals surface area contributed by atoms with Gasteiger partial charge in [0.2, 0.25) is 0 Å². The minimum Gasteiger partial charge on any atom is -0.379 e. The van der Waals surface area contributed by atoms with E-state index in [0.717, 1.165) is 76.2 Å². The van der Waals surface area contributed by atoms with E-state index in [2.05, 4.69) is 29.1 Å². The Morgan fingerprint density at radius 2 is 1.93 bits per heavy atom. The van der Waals surface area contributed by atoms with Gasteiger partial charge in [-0.15, -0.1) is 24.0 Å². The molecule has 3 rings (SSSR count). The smallest absolute Gasteiger partial charge is 0.193 e. The van der Waals surface area contributed by atoms with Gasteiger partial charge in [0.1, 0.15) is 5.82 Å². The molecule has 0 spiro atoms. The summed E-state index contributed by atoms with van der Waals surface area (Å²) in [6.45, 7) is 9.07. The molecule has 2 fully saturated rings. The van der Waals surface area contributed by atoms with Crippen molar-refractivity contribution in [2.45, 2.75) is 39.2 Å². The van der Waals surface area contributed by atoms with Crippen LogP contribution in [0.3, 0.4) is 0 Å². The number of hydrogen-bond acceptors (Lipinski definition) is 3. The van der Waals surface area contributed by atoms with Crippen molar-refractivity contribution >= 4 is 29.9 Å². The summed E-state index contributed by atoms with van der Waals surface area (Å²) < 4.78 is 19.6. The predicted molar refractivity (Wildman–Crippen MR) is 132 cm³/mol. The largest absolute Gasteiger partial charge is 0.379 e. The van der Waals surface area contributed by atoms with Crippen LogP contribution in [0.1, 0.15) is 38.2 Å². The van der Waals surface area contributed by atoms with E-state index in [1.165, 1.54) is 12.8 Å². The van der Waals surface area contributed by atoms with Crippen LogP contribution in [-0.2, 0) is 11.3 Å². The summed E-state index contributed by atoms with van der Waals surface area (Å²) in [6.07, 6.45) is 4.90. The molecule has 7 heteroatoms. The maximum Gasteiger partial charge on any atom is 0.193 e. The number of likely N-dealkylation sites (N-methyl/N-ethyl adjacent to an activating group) is 1. The fourth-order valence-electron chi connectivity index (χ4n) is 3.72. The lowest BCUT2D eigenvalue weighted by atomic mass is 9.96. The summed E-state index contributed by atoms with van der Waals surface area (Å²) in [6, 6.07) is 7.10. The minimum atomic E-state index is -0.0985. The zero-order valence-corrected chi connectivity index (χ0v) is 20.8. The van der Waals surface area contributed by atoms with E-state index in [1.54, 1.807) is 12.1 Å². The van der Waals surface area contributed by atoms with E-state index in [4.69, 9.17) is 9.73 Å². The van der Waals surface area contributed by atoms with Crippen molar-refractivity contribution in [2.24, 2.45) is 16.8 Å². The molecule has 0 atom stereocenters. The van der Waals surface area contributed by atoms with Gasteiger partial charge in [0.05, 0.1) is 6.61 Å². The van der Waals surface area contributed by atoms with E-state index >= 15 is 0 Å². The predicted octanol–water partition coefficient (Wildman–Crippen LogP) is 3.98. The van der Waals surface area contributed by atoms with Crippen molar-refractivity contribution in [3.8, 4) is 0 Å². The zero-order valence-electron chi connectivity index (χ0n) is 18.5. The number of rotatable bonds is 10. The Morgan fingerprint density at radius 3 is 2.60 bits per heavy atom. The highest BCUT2D eigenvalue weighted by Crippen LogP contribution is 2.28. The highest BCUT2D eigenvalue weighted by Gasteiger charge is 2.22.